The van der Waals surface area contributed by atoms with Gasteiger partial charge in [0.25, 0.3) is 5.91 Å². The molecule has 0 saturated carbocycles. The zero-order chi connectivity index (χ0) is 15.4. The van der Waals surface area contributed by atoms with Gasteiger partial charge in [-0.05, 0) is 31.0 Å². The molecule has 0 aromatic heterocycles. The number of carboxylic acids is 1. The normalized spacial score (nSPS) is 19.8. The van der Waals surface area contributed by atoms with Crippen molar-refractivity contribution in [3.05, 3.63) is 34.6 Å². The van der Waals surface area contributed by atoms with E-state index in [2.05, 4.69) is 5.32 Å². The highest BCUT2D eigenvalue weighted by atomic mass is 35.5. The van der Waals surface area contributed by atoms with Gasteiger partial charge < -0.3 is 15.2 Å². The largest absolute Gasteiger partial charge is 0.480 e. The molecule has 2 unspecified atom stereocenters. The molecule has 1 aliphatic rings. The van der Waals surface area contributed by atoms with E-state index < -0.39 is 23.7 Å². The molecule has 1 heterocycles. The molecular formula is C14H15ClFNO4. The number of rotatable bonds is 4. The summed E-state index contributed by atoms with van der Waals surface area (Å²) in [5.74, 6) is -3.05. The van der Waals surface area contributed by atoms with Gasteiger partial charge in [0.05, 0.1) is 12.2 Å². The molecule has 0 radical (unpaired) electrons. The van der Waals surface area contributed by atoms with Crippen LogP contribution in [0, 0.1) is 11.7 Å². The number of carbonyl (C=O) groups is 2. The first-order chi connectivity index (χ1) is 9.99. The minimum atomic E-state index is -1.16. The van der Waals surface area contributed by atoms with Gasteiger partial charge in [-0.2, -0.15) is 0 Å². The summed E-state index contributed by atoms with van der Waals surface area (Å²) in [6.07, 6.45) is 1.37. The van der Waals surface area contributed by atoms with Gasteiger partial charge in [-0.3, -0.25) is 4.79 Å². The van der Waals surface area contributed by atoms with Gasteiger partial charge in [0.1, 0.15) is 11.9 Å². The van der Waals surface area contributed by atoms with Crippen molar-refractivity contribution in [2.24, 2.45) is 5.92 Å². The van der Waals surface area contributed by atoms with Gasteiger partial charge in [-0.1, -0.05) is 11.6 Å². The maximum atomic E-state index is 13.7. The van der Waals surface area contributed by atoms with Crippen LogP contribution in [-0.2, 0) is 9.53 Å². The average Bonchev–Trinajstić information content (AvgIpc) is 2.45. The van der Waals surface area contributed by atoms with Crippen molar-refractivity contribution in [3.8, 4) is 0 Å². The van der Waals surface area contributed by atoms with E-state index in [9.17, 15) is 19.1 Å². The van der Waals surface area contributed by atoms with Gasteiger partial charge in [0, 0.05) is 17.5 Å². The third-order valence-corrected chi connectivity index (χ3v) is 3.63. The Bertz CT molecular complexity index is 546. The number of ether oxygens (including phenoxy) is 1. The van der Waals surface area contributed by atoms with Crippen LogP contribution in [0.1, 0.15) is 23.2 Å². The van der Waals surface area contributed by atoms with Crippen molar-refractivity contribution >= 4 is 23.5 Å². The van der Waals surface area contributed by atoms with E-state index >= 15 is 0 Å². The Morgan fingerprint density at radius 1 is 1.48 bits per heavy atom. The van der Waals surface area contributed by atoms with Crippen molar-refractivity contribution in [1.82, 2.24) is 5.32 Å². The average molecular weight is 316 g/mol. The number of amides is 1. The fraction of sp³-hybridized carbons (Fsp3) is 0.429. The van der Waals surface area contributed by atoms with E-state index in [1.165, 1.54) is 12.1 Å². The van der Waals surface area contributed by atoms with Crippen molar-refractivity contribution in [2.75, 3.05) is 13.2 Å². The molecule has 1 fully saturated rings. The predicted octanol–water partition coefficient (Wildman–Crippen LogP) is 2.09. The number of aliphatic carboxylic acids is 1. The van der Waals surface area contributed by atoms with Crippen LogP contribution in [0.4, 0.5) is 4.39 Å². The monoisotopic (exact) mass is 315 g/mol. The molecule has 5 nitrogen and oxygen atoms in total. The second-order valence-corrected chi connectivity index (χ2v) is 5.33. The SMILES string of the molecule is O=C(NC(C(=O)O)C1CCCOC1)c1ccc(Cl)cc1F. The summed E-state index contributed by atoms with van der Waals surface area (Å²) >= 11 is 5.62. The van der Waals surface area contributed by atoms with Crippen LogP contribution in [-0.4, -0.2) is 36.2 Å². The van der Waals surface area contributed by atoms with Gasteiger partial charge in [0.2, 0.25) is 0 Å². The van der Waals surface area contributed by atoms with Crippen LogP contribution in [0.3, 0.4) is 0 Å². The Kier molecular flexibility index (Phi) is 5.14. The van der Waals surface area contributed by atoms with Crippen LogP contribution in [0.25, 0.3) is 0 Å². The molecule has 1 aromatic carbocycles. The number of carbonyl (C=O) groups excluding carboxylic acids is 1. The lowest BCUT2D eigenvalue weighted by Gasteiger charge is -2.28. The Morgan fingerprint density at radius 2 is 2.24 bits per heavy atom. The lowest BCUT2D eigenvalue weighted by atomic mass is 9.93. The van der Waals surface area contributed by atoms with Gasteiger partial charge >= 0.3 is 5.97 Å². The van der Waals surface area contributed by atoms with Crippen molar-refractivity contribution in [1.29, 1.82) is 0 Å². The maximum absolute atomic E-state index is 13.7. The number of hydrogen-bond acceptors (Lipinski definition) is 3. The molecule has 114 valence electrons. The molecule has 1 aromatic rings. The fourth-order valence-electron chi connectivity index (χ4n) is 2.30. The summed E-state index contributed by atoms with van der Waals surface area (Å²) in [4.78, 5) is 23.4. The molecule has 7 heteroatoms. The van der Waals surface area contributed by atoms with Crippen molar-refractivity contribution < 1.29 is 23.8 Å². The van der Waals surface area contributed by atoms with Gasteiger partial charge in [0.15, 0.2) is 0 Å². The molecule has 1 aliphatic heterocycles. The predicted molar refractivity (Wildman–Crippen MR) is 73.8 cm³/mol. The first-order valence-electron chi connectivity index (χ1n) is 6.55. The lowest BCUT2D eigenvalue weighted by Crippen LogP contribution is -2.48. The first-order valence-corrected chi connectivity index (χ1v) is 6.93. The van der Waals surface area contributed by atoms with E-state index in [-0.39, 0.29) is 23.1 Å². The topological polar surface area (TPSA) is 75.6 Å². The first kappa shape index (κ1) is 15.7. The molecule has 0 spiro atoms. The highest BCUT2D eigenvalue weighted by Gasteiger charge is 2.32. The number of carboxylic acid groups (broad SMARTS) is 1. The summed E-state index contributed by atoms with van der Waals surface area (Å²) in [5, 5.41) is 11.8. The Hall–Kier alpha value is -1.66. The number of halogens is 2. The summed E-state index contributed by atoms with van der Waals surface area (Å²) in [6, 6.07) is 2.51. The highest BCUT2D eigenvalue weighted by Crippen LogP contribution is 2.19. The minimum Gasteiger partial charge on any atom is -0.480 e. The Morgan fingerprint density at radius 3 is 2.81 bits per heavy atom. The summed E-state index contributed by atoms with van der Waals surface area (Å²) < 4.78 is 18.9. The second-order valence-electron chi connectivity index (χ2n) is 4.89. The zero-order valence-corrected chi connectivity index (χ0v) is 11.9. The van der Waals surface area contributed by atoms with Gasteiger partial charge in [-0.25, -0.2) is 9.18 Å². The van der Waals surface area contributed by atoms with Crippen LogP contribution in [0.2, 0.25) is 5.02 Å². The molecule has 2 N–H and O–H groups in total. The Labute approximate surface area is 126 Å². The van der Waals surface area contributed by atoms with E-state index in [0.29, 0.717) is 13.0 Å². The van der Waals surface area contributed by atoms with Crippen LogP contribution in [0.15, 0.2) is 18.2 Å². The molecule has 0 bridgehead atoms. The molecule has 1 saturated heterocycles. The summed E-state index contributed by atoms with van der Waals surface area (Å²) in [6.45, 7) is 0.850. The minimum absolute atomic E-state index is 0.166. The van der Waals surface area contributed by atoms with E-state index in [1.54, 1.807) is 0 Å². The lowest BCUT2D eigenvalue weighted by molar-refractivity contribution is -0.142. The van der Waals surface area contributed by atoms with E-state index in [1.807, 2.05) is 0 Å². The molecule has 21 heavy (non-hydrogen) atoms. The number of hydrogen-bond donors (Lipinski definition) is 2. The fourth-order valence-corrected chi connectivity index (χ4v) is 2.46. The standard InChI is InChI=1S/C14H15ClFNO4/c15-9-3-4-10(11(16)6-9)13(18)17-12(14(19)20)8-2-1-5-21-7-8/h3-4,6,8,12H,1-2,5,7H2,(H,17,18)(H,19,20). The Balaban J connectivity index is 2.12. The van der Waals surface area contributed by atoms with E-state index in [0.717, 1.165) is 12.5 Å². The summed E-state index contributed by atoms with van der Waals surface area (Å²) in [7, 11) is 0. The number of nitrogens with one attached hydrogen (secondary N) is 1. The van der Waals surface area contributed by atoms with Crippen LogP contribution < -0.4 is 5.32 Å². The third kappa shape index (κ3) is 3.92. The zero-order valence-electron chi connectivity index (χ0n) is 11.1. The molecule has 0 aliphatic carbocycles. The van der Waals surface area contributed by atoms with Crippen molar-refractivity contribution in [3.63, 3.8) is 0 Å². The van der Waals surface area contributed by atoms with Crippen molar-refractivity contribution in [2.45, 2.75) is 18.9 Å². The maximum Gasteiger partial charge on any atom is 0.326 e. The second kappa shape index (κ2) is 6.87. The molecule has 2 atom stereocenters. The quantitative estimate of drug-likeness (QED) is 0.892. The summed E-state index contributed by atoms with van der Waals surface area (Å²) in [5.41, 5.74) is -0.234. The van der Waals surface area contributed by atoms with Gasteiger partial charge in [-0.15, -0.1) is 0 Å². The number of benzene rings is 1. The van der Waals surface area contributed by atoms with E-state index in [4.69, 9.17) is 16.3 Å². The third-order valence-electron chi connectivity index (χ3n) is 3.40. The molecular weight excluding hydrogens is 301 g/mol. The smallest absolute Gasteiger partial charge is 0.326 e. The van der Waals surface area contributed by atoms with Crippen LogP contribution >= 0.6 is 11.6 Å². The molecule has 2 rings (SSSR count). The van der Waals surface area contributed by atoms with Crippen LogP contribution in [0.5, 0.6) is 0 Å². The molecule has 1 amide bonds. The highest BCUT2D eigenvalue weighted by molar-refractivity contribution is 6.30.